The number of piperidine rings is 1. The fourth-order valence-corrected chi connectivity index (χ4v) is 4.98. The minimum atomic E-state index is -0.223. The number of hydrogen-bond donors (Lipinski definition) is 1. The molecule has 1 N–H and O–H groups in total. The predicted molar refractivity (Wildman–Crippen MR) is 123 cm³/mol. The number of anilines is 2. The van der Waals surface area contributed by atoms with Crippen molar-refractivity contribution >= 4 is 34.7 Å². The number of hydrogen-bond acceptors (Lipinski definition) is 7. The van der Waals surface area contributed by atoms with E-state index in [0.29, 0.717) is 18.2 Å². The van der Waals surface area contributed by atoms with Gasteiger partial charge in [-0.15, -0.1) is 23.1 Å². The highest BCUT2D eigenvalue weighted by Crippen LogP contribution is 2.31. The van der Waals surface area contributed by atoms with Crippen LogP contribution in [0.2, 0.25) is 0 Å². The molecule has 0 aliphatic carbocycles. The number of aryl methyl sites for hydroxylation is 1. The van der Waals surface area contributed by atoms with Crippen LogP contribution in [0.15, 0.2) is 40.9 Å². The van der Waals surface area contributed by atoms with Crippen molar-refractivity contribution in [2.24, 2.45) is 0 Å². The average molecular weight is 444 g/mol. The Hall–Kier alpha value is -2.19. The Morgan fingerprint density at radius 3 is 2.67 bits per heavy atom. The minimum absolute atomic E-state index is 0.223. The summed E-state index contributed by atoms with van der Waals surface area (Å²) in [5.74, 6) is 1.07. The summed E-state index contributed by atoms with van der Waals surface area (Å²) in [6.45, 7) is 4.52. The standard InChI is InChI=1S/C22H26FN5S2/c1-3-15-11-25-22(26-12-15)28-8-6-16(7-9-28)21-27-17(14-30-21)13-24-20-5-4-18(29-2)10-19(20)23/h4-5,10-12,14,16,24H,3,6-9,13H2,1-2H3. The van der Waals surface area contributed by atoms with Crippen LogP contribution in [0, 0.1) is 5.82 Å². The van der Waals surface area contributed by atoms with Gasteiger partial charge in [0.25, 0.3) is 0 Å². The summed E-state index contributed by atoms with van der Waals surface area (Å²) in [6.07, 6.45) is 8.84. The molecule has 0 unspecified atom stereocenters. The van der Waals surface area contributed by atoms with E-state index in [-0.39, 0.29) is 5.82 Å². The lowest BCUT2D eigenvalue weighted by molar-refractivity contribution is 0.497. The van der Waals surface area contributed by atoms with Gasteiger partial charge in [-0.2, -0.15) is 0 Å². The van der Waals surface area contributed by atoms with Gasteiger partial charge in [-0.05, 0) is 49.3 Å². The number of thiazole rings is 1. The first-order chi connectivity index (χ1) is 14.7. The van der Waals surface area contributed by atoms with Gasteiger partial charge in [-0.25, -0.2) is 19.3 Å². The van der Waals surface area contributed by atoms with Crippen molar-refractivity contribution in [2.75, 3.05) is 29.6 Å². The first-order valence-electron chi connectivity index (χ1n) is 10.2. The number of thioether (sulfide) groups is 1. The molecule has 8 heteroatoms. The van der Waals surface area contributed by atoms with Crippen LogP contribution >= 0.6 is 23.1 Å². The third-order valence-electron chi connectivity index (χ3n) is 5.43. The van der Waals surface area contributed by atoms with Crippen LogP contribution in [-0.2, 0) is 13.0 Å². The quantitative estimate of drug-likeness (QED) is 0.497. The summed E-state index contributed by atoms with van der Waals surface area (Å²) in [7, 11) is 0. The van der Waals surface area contributed by atoms with Crippen molar-refractivity contribution in [1.82, 2.24) is 15.0 Å². The fourth-order valence-electron chi connectivity index (χ4n) is 3.56. The van der Waals surface area contributed by atoms with Crippen molar-refractivity contribution in [3.05, 3.63) is 58.1 Å². The smallest absolute Gasteiger partial charge is 0.225 e. The number of rotatable bonds is 7. The van der Waals surface area contributed by atoms with E-state index in [4.69, 9.17) is 4.98 Å². The molecule has 3 aromatic rings. The Morgan fingerprint density at radius 1 is 1.23 bits per heavy atom. The van der Waals surface area contributed by atoms with Crippen molar-refractivity contribution < 1.29 is 4.39 Å². The van der Waals surface area contributed by atoms with E-state index in [9.17, 15) is 4.39 Å². The van der Waals surface area contributed by atoms with Gasteiger partial charge in [0, 0.05) is 41.7 Å². The SMILES string of the molecule is CCc1cnc(N2CCC(c3nc(CNc4ccc(SC)cc4F)cs3)CC2)nc1. The number of nitrogens with zero attached hydrogens (tertiary/aromatic N) is 4. The maximum atomic E-state index is 14.1. The van der Waals surface area contributed by atoms with Crippen LogP contribution in [0.5, 0.6) is 0 Å². The Balaban J connectivity index is 1.31. The number of nitrogens with one attached hydrogen (secondary N) is 1. The van der Waals surface area contributed by atoms with Crippen molar-refractivity contribution in [3.8, 4) is 0 Å². The third kappa shape index (κ3) is 4.92. The molecular formula is C22H26FN5S2. The summed E-state index contributed by atoms with van der Waals surface area (Å²) in [5, 5.41) is 6.42. The van der Waals surface area contributed by atoms with Gasteiger partial charge < -0.3 is 10.2 Å². The number of halogens is 1. The maximum Gasteiger partial charge on any atom is 0.225 e. The molecule has 1 aliphatic heterocycles. The first-order valence-corrected chi connectivity index (χ1v) is 12.3. The molecular weight excluding hydrogens is 417 g/mol. The molecule has 0 atom stereocenters. The second-order valence-electron chi connectivity index (χ2n) is 7.38. The van der Waals surface area contributed by atoms with Gasteiger partial charge in [-0.3, -0.25) is 0 Å². The summed E-state index contributed by atoms with van der Waals surface area (Å²) < 4.78 is 14.1. The molecule has 1 fully saturated rings. The monoisotopic (exact) mass is 443 g/mol. The molecule has 0 saturated carbocycles. The van der Waals surface area contributed by atoms with Crippen LogP contribution in [-0.4, -0.2) is 34.3 Å². The van der Waals surface area contributed by atoms with E-state index in [1.807, 2.05) is 24.7 Å². The highest BCUT2D eigenvalue weighted by Gasteiger charge is 2.24. The molecule has 1 aromatic carbocycles. The van der Waals surface area contributed by atoms with Gasteiger partial charge in [0.05, 0.1) is 22.9 Å². The second-order valence-corrected chi connectivity index (χ2v) is 9.15. The normalized spacial score (nSPS) is 14.8. The fraction of sp³-hybridized carbons (Fsp3) is 0.409. The van der Waals surface area contributed by atoms with Gasteiger partial charge >= 0.3 is 0 Å². The lowest BCUT2D eigenvalue weighted by Crippen LogP contribution is -2.34. The van der Waals surface area contributed by atoms with Crippen molar-refractivity contribution in [3.63, 3.8) is 0 Å². The van der Waals surface area contributed by atoms with E-state index in [0.717, 1.165) is 54.5 Å². The molecule has 0 bridgehead atoms. The molecule has 3 heterocycles. The summed E-state index contributed by atoms with van der Waals surface area (Å²) in [4.78, 5) is 17.0. The average Bonchev–Trinajstić information content (AvgIpc) is 3.27. The van der Waals surface area contributed by atoms with E-state index in [1.54, 1.807) is 23.5 Å². The largest absolute Gasteiger partial charge is 0.377 e. The predicted octanol–water partition coefficient (Wildman–Crippen LogP) is 5.35. The highest BCUT2D eigenvalue weighted by atomic mass is 32.2. The first kappa shape index (κ1) is 21.1. The van der Waals surface area contributed by atoms with Crippen molar-refractivity contribution in [2.45, 2.75) is 43.5 Å². The summed E-state index contributed by atoms with van der Waals surface area (Å²) >= 11 is 3.24. The molecule has 2 aromatic heterocycles. The Kier molecular flexibility index (Phi) is 6.84. The molecule has 0 radical (unpaired) electrons. The zero-order valence-corrected chi connectivity index (χ0v) is 18.9. The Bertz CT molecular complexity index is 968. The summed E-state index contributed by atoms with van der Waals surface area (Å²) in [6, 6.07) is 5.28. The minimum Gasteiger partial charge on any atom is -0.377 e. The summed E-state index contributed by atoms with van der Waals surface area (Å²) in [5.41, 5.74) is 2.65. The third-order valence-corrected chi connectivity index (χ3v) is 7.21. The van der Waals surface area contributed by atoms with E-state index in [2.05, 4.69) is 32.5 Å². The van der Waals surface area contributed by atoms with Gasteiger partial charge in [-0.1, -0.05) is 6.92 Å². The lowest BCUT2D eigenvalue weighted by Gasteiger charge is -2.31. The molecule has 1 aliphatic rings. The highest BCUT2D eigenvalue weighted by molar-refractivity contribution is 7.98. The number of aromatic nitrogens is 3. The zero-order chi connectivity index (χ0) is 20.9. The molecule has 30 heavy (non-hydrogen) atoms. The van der Waals surface area contributed by atoms with Gasteiger partial charge in [0.15, 0.2) is 0 Å². The van der Waals surface area contributed by atoms with Crippen LogP contribution in [0.4, 0.5) is 16.0 Å². The van der Waals surface area contributed by atoms with E-state index >= 15 is 0 Å². The van der Waals surface area contributed by atoms with Gasteiger partial charge in [0.1, 0.15) is 5.82 Å². The maximum absolute atomic E-state index is 14.1. The molecule has 0 amide bonds. The topological polar surface area (TPSA) is 53.9 Å². The number of benzene rings is 1. The molecule has 1 saturated heterocycles. The van der Waals surface area contributed by atoms with Crippen LogP contribution in [0.1, 0.15) is 41.9 Å². The Labute approximate surface area is 185 Å². The second kappa shape index (κ2) is 9.75. The molecule has 5 nitrogen and oxygen atoms in total. The van der Waals surface area contributed by atoms with Crippen LogP contribution in [0.3, 0.4) is 0 Å². The van der Waals surface area contributed by atoms with E-state index < -0.39 is 0 Å². The van der Waals surface area contributed by atoms with E-state index in [1.165, 1.54) is 16.8 Å². The molecule has 158 valence electrons. The van der Waals surface area contributed by atoms with Gasteiger partial charge in [0.2, 0.25) is 5.95 Å². The molecule has 0 spiro atoms. The van der Waals surface area contributed by atoms with Crippen LogP contribution in [0.25, 0.3) is 0 Å². The zero-order valence-electron chi connectivity index (χ0n) is 17.3. The molecule has 4 rings (SSSR count). The van der Waals surface area contributed by atoms with Crippen molar-refractivity contribution in [1.29, 1.82) is 0 Å². The lowest BCUT2D eigenvalue weighted by atomic mass is 9.98. The Morgan fingerprint density at radius 2 is 2.00 bits per heavy atom. The van der Waals surface area contributed by atoms with Crippen LogP contribution < -0.4 is 10.2 Å².